The molecule has 5 heteroatoms. The zero-order chi connectivity index (χ0) is 17.3. The number of nitrogens with two attached hydrogens (primary N) is 2. The smallest absolute Gasteiger partial charge is 0.164 e. The van der Waals surface area contributed by atoms with E-state index in [2.05, 4.69) is 0 Å². The Kier molecular flexibility index (Phi) is 4.71. The zero-order valence-electron chi connectivity index (χ0n) is 12.7. The van der Waals surface area contributed by atoms with Crippen LogP contribution in [0.2, 0.25) is 0 Å². The number of hydrogen-bond acceptors (Lipinski definition) is 2. The van der Waals surface area contributed by atoms with E-state index in [0.717, 1.165) is 16.7 Å². The van der Waals surface area contributed by atoms with Crippen molar-refractivity contribution in [1.29, 1.82) is 0 Å². The van der Waals surface area contributed by atoms with Gasteiger partial charge in [-0.1, -0.05) is 54.6 Å². The highest BCUT2D eigenvalue weighted by Crippen LogP contribution is 2.33. The topological polar surface area (TPSA) is 52.0 Å². The maximum atomic E-state index is 14.4. The van der Waals surface area contributed by atoms with Crippen LogP contribution in [0.1, 0.15) is 11.1 Å². The highest BCUT2D eigenvalue weighted by atomic mass is 127. The summed E-state index contributed by atoms with van der Waals surface area (Å²) in [5.74, 6) is -1.44. The van der Waals surface area contributed by atoms with Gasteiger partial charge in [-0.3, -0.25) is 0 Å². The third kappa shape index (κ3) is 3.08. The van der Waals surface area contributed by atoms with Crippen LogP contribution >= 0.6 is 22.6 Å². The van der Waals surface area contributed by atoms with Gasteiger partial charge in [0.25, 0.3) is 0 Å². The lowest BCUT2D eigenvalue weighted by molar-refractivity contribution is 0.566. The first kappa shape index (κ1) is 16.7. The molecule has 0 aromatic heterocycles. The van der Waals surface area contributed by atoms with Crippen molar-refractivity contribution >= 4 is 34.0 Å². The summed E-state index contributed by atoms with van der Waals surface area (Å²) in [6.45, 7) is 0. The van der Waals surface area contributed by atoms with Crippen LogP contribution in [0.4, 0.5) is 20.2 Å². The lowest BCUT2D eigenvalue weighted by Crippen LogP contribution is -2.09. The van der Waals surface area contributed by atoms with Crippen molar-refractivity contribution in [2.75, 3.05) is 11.5 Å². The monoisotopic (exact) mass is 436 g/mol. The molecule has 0 saturated heterocycles. The highest BCUT2D eigenvalue weighted by molar-refractivity contribution is 14.1. The maximum Gasteiger partial charge on any atom is 0.164 e. The van der Waals surface area contributed by atoms with E-state index >= 15 is 0 Å². The van der Waals surface area contributed by atoms with Gasteiger partial charge in [0, 0.05) is 12.0 Å². The normalized spacial score (nSPS) is 10.8. The molecule has 2 nitrogen and oxygen atoms in total. The zero-order valence-corrected chi connectivity index (χ0v) is 14.8. The predicted octanol–water partition coefficient (Wildman–Crippen LogP) is 4.99. The summed E-state index contributed by atoms with van der Waals surface area (Å²) in [6, 6.07) is 17.7. The Hall–Kier alpha value is -2.15. The van der Waals surface area contributed by atoms with Crippen molar-refractivity contribution in [3.8, 4) is 11.1 Å². The predicted molar refractivity (Wildman–Crippen MR) is 103 cm³/mol. The van der Waals surface area contributed by atoms with Crippen LogP contribution in [0.15, 0.2) is 54.6 Å². The van der Waals surface area contributed by atoms with Crippen molar-refractivity contribution in [3.05, 3.63) is 80.9 Å². The Balaban J connectivity index is 1.93. The number of hydrogen-bond donors (Lipinski definition) is 2. The minimum atomic E-state index is -0.797. The third-order valence-corrected chi connectivity index (χ3v) is 4.89. The Morgan fingerprint density at radius 3 is 1.96 bits per heavy atom. The minimum Gasteiger partial charge on any atom is -0.397 e. The molecule has 0 spiro atoms. The van der Waals surface area contributed by atoms with Crippen molar-refractivity contribution < 1.29 is 8.78 Å². The second-order valence-electron chi connectivity index (χ2n) is 5.49. The SMILES string of the molecule is Nc1c(N)c(Cc2ccc(-c3ccccc3)cc2)c(F)c(I)c1F. The molecule has 0 atom stereocenters. The molecule has 0 aliphatic carbocycles. The van der Waals surface area contributed by atoms with Gasteiger partial charge in [0.15, 0.2) is 5.82 Å². The highest BCUT2D eigenvalue weighted by Gasteiger charge is 2.20. The molecule has 0 bridgehead atoms. The Morgan fingerprint density at radius 1 is 0.750 bits per heavy atom. The Morgan fingerprint density at radius 2 is 1.33 bits per heavy atom. The van der Waals surface area contributed by atoms with Crippen LogP contribution in [0.5, 0.6) is 0 Å². The maximum absolute atomic E-state index is 14.4. The largest absolute Gasteiger partial charge is 0.397 e. The molecule has 122 valence electrons. The standard InChI is InChI=1S/C19H15F2IN2/c20-15-14(18(23)19(24)16(21)17(15)22)10-11-6-8-13(9-7-11)12-4-2-1-3-5-12/h1-9H,10,23-24H2. The van der Waals surface area contributed by atoms with E-state index in [0.29, 0.717) is 0 Å². The van der Waals surface area contributed by atoms with Crippen LogP contribution in [-0.2, 0) is 6.42 Å². The van der Waals surface area contributed by atoms with Gasteiger partial charge in [0.1, 0.15) is 5.82 Å². The number of rotatable bonds is 3. The minimum absolute atomic E-state index is 0.0300. The van der Waals surface area contributed by atoms with Crippen LogP contribution in [-0.4, -0.2) is 0 Å². The van der Waals surface area contributed by atoms with E-state index < -0.39 is 11.6 Å². The first-order chi connectivity index (χ1) is 11.5. The molecule has 4 N–H and O–H groups in total. The van der Waals surface area contributed by atoms with Crippen LogP contribution in [0, 0.1) is 15.2 Å². The van der Waals surface area contributed by atoms with E-state index in [4.69, 9.17) is 11.5 Å². The molecule has 0 heterocycles. The van der Waals surface area contributed by atoms with Gasteiger partial charge in [-0.15, -0.1) is 0 Å². The molecular formula is C19H15F2IN2. The molecule has 0 amide bonds. The van der Waals surface area contributed by atoms with Gasteiger partial charge in [0.2, 0.25) is 0 Å². The average molecular weight is 436 g/mol. The molecule has 3 aromatic carbocycles. The average Bonchev–Trinajstić information content (AvgIpc) is 2.63. The van der Waals surface area contributed by atoms with Crippen molar-refractivity contribution in [3.63, 3.8) is 0 Å². The molecule has 24 heavy (non-hydrogen) atoms. The fourth-order valence-electron chi connectivity index (χ4n) is 2.57. The fraction of sp³-hybridized carbons (Fsp3) is 0.0526. The second kappa shape index (κ2) is 6.76. The van der Waals surface area contributed by atoms with Gasteiger partial charge in [-0.05, 0) is 39.3 Å². The lowest BCUT2D eigenvalue weighted by atomic mass is 9.98. The number of anilines is 2. The summed E-state index contributed by atoms with van der Waals surface area (Å²) in [5.41, 5.74) is 14.5. The van der Waals surface area contributed by atoms with Crippen LogP contribution < -0.4 is 11.5 Å². The summed E-state index contributed by atoms with van der Waals surface area (Å²) in [4.78, 5) is 0. The molecule has 0 fully saturated rings. The second-order valence-corrected chi connectivity index (χ2v) is 6.57. The van der Waals surface area contributed by atoms with E-state index in [1.807, 2.05) is 54.6 Å². The van der Waals surface area contributed by atoms with Crippen molar-refractivity contribution in [1.82, 2.24) is 0 Å². The summed E-state index contributed by atoms with van der Waals surface area (Å²) >= 11 is 1.61. The van der Waals surface area contributed by atoms with Crippen molar-refractivity contribution in [2.24, 2.45) is 0 Å². The number of halogens is 3. The summed E-state index contributed by atoms with van der Waals surface area (Å²) < 4.78 is 28.0. The quantitative estimate of drug-likeness (QED) is 0.345. The molecule has 0 radical (unpaired) electrons. The third-order valence-electron chi connectivity index (χ3n) is 3.94. The van der Waals surface area contributed by atoms with Gasteiger partial charge >= 0.3 is 0 Å². The van der Waals surface area contributed by atoms with Gasteiger partial charge in [-0.25, -0.2) is 8.78 Å². The number of benzene rings is 3. The van der Waals surface area contributed by atoms with E-state index in [1.165, 1.54) is 0 Å². The number of nitrogen functional groups attached to an aromatic ring is 2. The first-order valence-electron chi connectivity index (χ1n) is 7.33. The molecule has 0 unspecified atom stereocenters. The summed E-state index contributed by atoms with van der Waals surface area (Å²) in [7, 11) is 0. The fourth-order valence-corrected chi connectivity index (χ4v) is 3.18. The lowest BCUT2D eigenvalue weighted by Gasteiger charge is -2.13. The molecule has 3 rings (SSSR count). The Labute approximate surface area is 152 Å². The Bertz CT molecular complexity index is 849. The van der Waals surface area contributed by atoms with Gasteiger partial charge in [0.05, 0.1) is 14.9 Å². The van der Waals surface area contributed by atoms with Crippen LogP contribution in [0.3, 0.4) is 0 Å². The van der Waals surface area contributed by atoms with E-state index in [1.54, 1.807) is 22.6 Å². The first-order valence-corrected chi connectivity index (χ1v) is 8.41. The van der Waals surface area contributed by atoms with Crippen LogP contribution in [0.25, 0.3) is 11.1 Å². The van der Waals surface area contributed by atoms with Gasteiger partial charge < -0.3 is 11.5 Å². The van der Waals surface area contributed by atoms with Crippen molar-refractivity contribution in [2.45, 2.75) is 6.42 Å². The van der Waals surface area contributed by atoms with Gasteiger partial charge in [-0.2, -0.15) is 0 Å². The van der Waals surface area contributed by atoms with E-state index in [9.17, 15) is 8.78 Å². The molecular weight excluding hydrogens is 421 g/mol. The molecule has 3 aromatic rings. The van der Waals surface area contributed by atoms with E-state index in [-0.39, 0.29) is 26.9 Å². The molecule has 0 aliphatic heterocycles. The summed E-state index contributed by atoms with van der Waals surface area (Å²) in [6.07, 6.45) is 0.257. The molecule has 0 aliphatic rings. The summed E-state index contributed by atoms with van der Waals surface area (Å²) in [5, 5.41) is 0. The molecule has 0 saturated carbocycles.